The van der Waals surface area contributed by atoms with Crippen molar-refractivity contribution in [3.63, 3.8) is 0 Å². The first-order chi connectivity index (χ1) is 13.0. The fraction of sp³-hybridized carbons (Fsp3) is 0.789. The molecule has 0 aliphatic carbocycles. The highest BCUT2D eigenvalue weighted by Crippen LogP contribution is 2.08. The number of nitrogens with one attached hydrogen (secondary N) is 1. The minimum Gasteiger partial charge on any atom is -0.394 e. The lowest BCUT2D eigenvalue weighted by atomic mass is 10.0. The standard InChI is InChI=1S/C19H34N2O6/c1-19(15-22,16-27-14-13-26-12-11-25-2)20-9-5-3-4-6-10-21-17(23)7-8-18(21)24/h7-8,20,22H,3-6,9-16H2,1-2H3. The SMILES string of the molecule is COCCOCCOCC(C)(CO)NCCCCCCN1C(=O)C=CC1=O. The molecule has 0 spiro atoms. The van der Waals surface area contributed by atoms with Gasteiger partial charge in [0, 0.05) is 25.8 Å². The van der Waals surface area contributed by atoms with E-state index < -0.39 is 5.54 Å². The quantitative estimate of drug-likeness (QED) is 0.277. The molecule has 1 rings (SSSR count). The number of imide groups is 1. The van der Waals surface area contributed by atoms with Gasteiger partial charge in [-0.2, -0.15) is 0 Å². The summed E-state index contributed by atoms with van der Waals surface area (Å²) in [6.45, 7) is 5.67. The fourth-order valence-electron chi connectivity index (χ4n) is 2.60. The van der Waals surface area contributed by atoms with Crippen LogP contribution in [-0.2, 0) is 23.8 Å². The summed E-state index contributed by atoms with van der Waals surface area (Å²) in [7, 11) is 1.63. The Balaban J connectivity index is 2.02. The average molecular weight is 386 g/mol. The number of methoxy groups -OCH3 is 1. The van der Waals surface area contributed by atoms with Crippen LogP contribution in [0.3, 0.4) is 0 Å². The maximum atomic E-state index is 11.4. The van der Waals surface area contributed by atoms with E-state index in [-0.39, 0.29) is 18.4 Å². The molecule has 0 saturated carbocycles. The Bertz CT molecular complexity index is 453. The van der Waals surface area contributed by atoms with E-state index in [1.54, 1.807) is 7.11 Å². The zero-order valence-electron chi connectivity index (χ0n) is 16.6. The van der Waals surface area contributed by atoms with Gasteiger partial charge in [-0.25, -0.2) is 0 Å². The number of aliphatic hydroxyl groups is 1. The third kappa shape index (κ3) is 9.97. The molecular formula is C19H34N2O6. The minimum absolute atomic E-state index is 0.0102. The van der Waals surface area contributed by atoms with Gasteiger partial charge in [-0.15, -0.1) is 0 Å². The molecule has 0 aromatic heterocycles. The second kappa shape index (κ2) is 13.8. The van der Waals surface area contributed by atoms with Gasteiger partial charge in [-0.1, -0.05) is 12.8 Å². The molecule has 0 aromatic carbocycles. The van der Waals surface area contributed by atoms with E-state index in [0.717, 1.165) is 32.2 Å². The van der Waals surface area contributed by atoms with Gasteiger partial charge in [0.1, 0.15) is 0 Å². The monoisotopic (exact) mass is 386 g/mol. The largest absolute Gasteiger partial charge is 0.394 e. The molecule has 2 N–H and O–H groups in total. The van der Waals surface area contributed by atoms with Crippen molar-refractivity contribution in [1.29, 1.82) is 0 Å². The van der Waals surface area contributed by atoms with Gasteiger partial charge in [0.15, 0.2) is 0 Å². The molecule has 1 atom stereocenters. The van der Waals surface area contributed by atoms with E-state index in [1.807, 2.05) is 6.92 Å². The van der Waals surface area contributed by atoms with Crippen LogP contribution in [0.1, 0.15) is 32.6 Å². The molecule has 8 heteroatoms. The summed E-state index contributed by atoms with van der Waals surface area (Å²) in [5.41, 5.74) is -0.480. The highest BCUT2D eigenvalue weighted by molar-refractivity contribution is 6.12. The van der Waals surface area contributed by atoms with Crippen LogP contribution in [0.4, 0.5) is 0 Å². The maximum Gasteiger partial charge on any atom is 0.253 e. The van der Waals surface area contributed by atoms with E-state index in [9.17, 15) is 14.7 Å². The summed E-state index contributed by atoms with van der Waals surface area (Å²) in [5, 5.41) is 12.9. The summed E-state index contributed by atoms with van der Waals surface area (Å²) >= 11 is 0. The molecule has 1 heterocycles. The van der Waals surface area contributed by atoms with Crippen molar-refractivity contribution < 1.29 is 28.9 Å². The normalized spacial score (nSPS) is 16.3. The number of rotatable bonds is 17. The average Bonchev–Trinajstić information content (AvgIpc) is 2.98. The van der Waals surface area contributed by atoms with Crippen molar-refractivity contribution in [2.75, 3.05) is 59.8 Å². The van der Waals surface area contributed by atoms with Gasteiger partial charge >= 0.3 is 0 Å². The molecule has 1 aliphatic heterocycles. The molecule has 156 valence electrons. The van der Waals surface area contributed by atoms with Crippen LogP contribution in [0, 0.1) is 0 Å². The molecule has 0 saturated heterocycles. The van der Waals surface area contributed by atoms with Crippen molar-refractivity contribution in [3.8, 4) is 0 Å². The predicted molar refractivity (Wildman–Crippen MR) is 101 cm³/mol. The number of unbranched alkanes of at least 4 members (excludes halogenated alkanes) is 3. The van der Waals surface area contributed by atoms with Crippen LogP contribution < -0.4 is 5.32 Å². The molecule has 2 amide bonds. The van der Waals surface area contributed by atoms with Crippen molar-refractivity contribution in [3.05, 3.63) is 12.2 Å². The van der Waals surface area contributed by atoms with Gasteiger partial charge in [-0.05, 0) is 26.3 Å². The van der Waals surface area contributed by atoms with Gasteiger partial charge in [0.2, 0.25) is 0 Å². The summed E-state index contributed by atoms with van der Waals surface area (Å²) in [5.74, 6) is -0.436. The van der Waals surface area contributed by atoms with Crippen molar-refractivity contribution in [1.82, 2.24) is 10.2 Å². The van der Waals surface area contributed by atoms with E-state index in [2.05, 4.69) is 5.32 Å². The molecular weight excluding hydrogens is 352 g/mol. The second-order valence-electron chi connectivity index (χ2n) is 6.88. The van der Waals surface area contributed by atoms with Crippen LogP contribution >= 0.6 is 0 Å². The lowest BCUT2D eigenvalue weighted by molar-refractivity contribution is -0.136. The third-order valence-electron chi connectivity index (χ3n) is 4.33. The van der Waals surface area contributed by atoms with Crippen molar-refractivity contribution in [2.45, 2.75) is 38.1 Å². The second-order valence-corrected chi connectivity index (χ2v) is 6.88. The Kier molecular flexibility index (Phi) is 12.1. The molecule has 0 bridgehead atoms. The molecule has 1 aliphatic rings. The summed E-state index contributed by atoms with van der Waals surface area (Å²) in [6.07, 6.45) is 6.33. The first kappa shape index (κ1) is 23.7. The molecule has 1 unspecified atom stereocenters. The van der Waals surface area contributed by atoms with E-state index in [0.29, 0.717) is 39.6 Å². The maximum absolute atomic E-state index is 11.4. The lowest BCUT2D eigenvalue weighted by Gasteiger charge is -2.28. The Labute approximate surface area is 161 Å². The van der Waals surface area contributed by atoms with E-state index in [4.69, 9.17) is 14.2 Å². The fourth-order valence-corrected chi connectivity index (χ4v) is 2.60. The first-order valence-corrected chi connectivity index (χ1v) is 9.56. The summed E-state index contributed by atoms with van der Waals surface area (Å²) in [4.78, 5) is 24.1. The van der Waals surface area contributed by atoms with Crippen LogP contribution in [-0.4, -0.2) is 87.2 Å². The topological polar surface area (TPSA) is 97.3 Å². The zero-order valence-corrected chi connectivity index (χ0v) is 16.6. The number of aliphatic hydroxyl groups excluding tert-OH is 1. The molecule has 0 fully saturated rings. The van der Waals surface area contributed by atoms with Crippen molar-refractivity contribution >= 4 is 11.8 Å². The van der Waals surface area contributed by atoms with Crippen LogP contribution in [0.25, 0.3) is 0 Å². The molecule has 0 aromatic rings. The smallest absolute Gasteiger partial charge is 0.253 e. The van der Waals surface area contributed by atoms with Gasteiger partial charge < -0.3 is 24.6 Å². The predicted octanol–water partition coefficient (Wildman–Crippen LogP) is 0.492. The van der Waals surface area contributed by atoms with E-state index >= 15 is 0 Å². The number of carbonyl (C=O) groups excluding carboxylic acids is 2. The number of amides is 2. The van der Waals surface area contributed by atoms with Gasteiger partial charge in [0.05, 0.1) is 45.2 Å². The van der Waals surface area contributed by atoms with Crippen molar-refractivity contribution in [2.24, 2.45) is 0 Å². The number of hydrogen-bond acceptors (Lipinski definition) is 7. The third-order valence-corrected chi connectivity index (χ3v) is 4.33. The number of nitrogens with zero attached hydrogens (tertiary/aromatic N) is 1. The lowest BCUT2D eigenvalue weighted by Crippen LogP contribution is -2.50. The molecule has 27 heavy (non-hydrogen) atoms. The van der Waals surface area contributed by atoms with Crippen LogP contribution in [0.15, 0.2) is 12.2 Å². The summed E-state index contributed by atoms with van der Waals surface area (Å²) < 4.78 is 15.8. The number of hydrogen-bond donors (Lipinski definition) is 2. The highest BCUT2D eigenvalue weighted by atomic mass is 16.5. The molecule has 8 nitrogen and oxygen atoms in total. The number of ether oxygens (including phenoxy) is 3. The molecule has 0 radical (unpaired) electrons. The van der Waals surface area contributed by atoms with Gasteiger partial charge in [0.25, 0.3) is 11.8 Å². The Hall–Kier alpha value is -1.32. The Morgan fingerprint density at radius 2 is 1.63 bits per heavy atom. The van der Waals surface area contributed by atoms with Gasteiger partial charge in [-0.3, -0.25) is 14.5 Å². The van der Waals surface area contributed by atoms with Crippen LogP contribution in [0.2, 0.25) is 0 Å². The highest BCUT2D eigenvalue weighted by Gasteiger charge is 2.23. The summed E-state index contributed by atoms with van der Waals surface area (Å²) in [6, 6.07) is 0. The van der Waals surface area contributed by atoms with E-state index in [1.165, 1.54) is 17.1 Å². The minimum atomic E-state index is -0.480. The first-order valence-electron chi connectivity index (χ1n) is 9.56. The zero-order chi connectivity index (χ0) is 20.0. The Morgan fingerprint density at radius 3 is 2.30 bits per heavy atom. The van der Waals surface area contributed by atoms with Crippen LogP contribution in [0.5, 0.6) is 0 Å². The number of carbonyl (C=O) groups is 2. The Morgan fingerprint density at radius 1 is 1.00 bits per heavy atom.